The molecule has 0 saturated carbocycles. The van der Waals surface area contributed by atoms with Crippen molar-refractivity contribution in [2.75, 3.05) is 30.4 Å². The number of nitrogens with two attached hydrogens (primary N) is 1. The lowest BCUT2D eigenvalue weighted by molar-refractivity contribution is -0.383. The van der Waals surface area contributed by atoms with Gasteiger partial charge in [0, 0.05) is 12.6 Å². The maximum atomic E-state index is 11.1. The summed E-state index contributed by atoms with van der Waals surface area (Å²) in [5, 5.41) is 11.2. The largest absolute Gasteiger partial charge is 0.393 e. The van der Waals surface area contributed by atoms with E-state index in [4.69, 9.17) is 22.1 Å². The summed E-state index contributed by atoms with van der Waals surface area (Å²) in [4.78, 5) is 16.4. The first kappa shape index (κ1) is 12.8. The zero-order chi connectivity index (χ0) is 13.3. The van der Waals surface area contributed by atoms with Gasteiger partial charge in [-0.05, 0) is 6.92 Å². The summed E-state index contributed by atoms with van der Waals surface area (Å²) in [5.41, 5.74) is 5.47. The number of rotatable bonds is 2. The van der Waals surface area contributed by atoms with Gasteiger partial charge in [0.1, 0.15) is 10.8 Å². The average Bonchev–Trinajstić information content (AvgIpc) is 2.27. The summed E-state index contributed by atoms with van der Waals surface area (Å²) < 4.78 is 5.29. The molecule has 0 spiro atoms. The van der Waals surface area contributed by atoms with Gasteiger partial charge >= 0.3 is 5.69 Å². The van der Waals surface area contributed by atoms with Crippen molar-refractivity contribution in [2.45, 2.75) is 13.0 Å². The van der Waals surface area contributed by atoms with Gasteiger partial charge in [0.15, 0.2) is 0 Å². The van der Waals surface area contributed by atoms with E-state index < -0.39 is 4.92 Å². The predicted molar refractivity (Wildman–Crippen MR) is 67.9 cm³/mol. The molecule has 0 bridgehead atoms. The van der Waals surface area contributed by atoms with Crippen molar-refractivity contribution in [3.8, 4) is 0 Å². The zero-order valence-electron chi connectivity index (χ0n) is 9.80. The van der Waals surface area contributed by atoms with Crippen LogP contribution in [0.1, 0.15) is 6.92 Å². The summed E-state index contributed by atoms with van der Waals surface area (Å²) in [6.07, 6.45) is 0. The molecule has 0 radical (unpaired) electrons. The van der Waals surface area contributed by atoms with Gasteiger partial charge in [0.25, 0.3) is 0 Å². The van der Waals surface area contributed by atoms with Crippen molar-refractivity contribution in [3.05, 3.63) is 21.3 Å². The molecule has 1 fully saturated rings. The molecule has 1 saturated heterocycles. The molecular formula is C10H13ClN4O3. The third kappa shape index (κ3) is 2.32. The minimum Gasteiger partial charge on any atom is -0.393 e. The maximum absolute atomic E-state index is 11.1. The summed E-state index contributed by atoms with van der Waals surface area (Å²) in [6, 6.07) is 1.27. The maximum Gasteiger partial charge on any atom is 0.334 e. The van der Waals surface area contributed by atoms with E-state index in [2.05, 4.69) is 4.98 Å². The van der Waals surface area contributed by atoms with Gasteiger partial charge in [-0.1, -0.05) is 11.6 Å². The van der Waals surface area contributed by atoms with E-state index in [1.807, 2.05) is 6.92 Å². The Morgan fingerprint density at radius 2 is 2.44 bits per heavy atom. The lowest BCUT2D eigenvalue weighted by Crippen LogP contribution is -2.44. The van der Waals surface area contributed by atoms with Crippen molar-refractivity contribution in [1.29, 1.82) is 0 Å². The molecule has 1 aliphatic rings. The Bertz CT molecular complexity index is 482. The topological polar surface area (TPSA) is 94.5 Å². The van der Waals surface area contributed by atoms with Crippen LogP contribution in [0.15, 0.2) is 6.07 Å². The SMILES string of the molecule is C[C@@H]1COCCN1c1nc(Cl)cc(N)c1[N+](=O)[O-]. The standard InChI is InChI=1S/C10H13ClN4O3/c1-6-5-18-3-2-14(6)10-9(15(16)17)7(12)4-8(11)13-10/h4,6H,2-3,5H2,1H3,(H2,12,13)/t6-/m1/s1. The van der Waals surface area contributed by atoms with Gasteiger partial charge < -0.3 is 15.4 Å². The summed E-state index contributed by atoms with van der Waals surface area (Å²) in [7, 11) is 0. The minimum absolute atomic E-state index is 0.0113. The van der Waals surface area contributed by atoms with Crippen LogP contribution in [0.5, 0.6) is 0 Å². The molecule has 1 aliphatic heterocycles. The molecule has 2 rings (SSSR count). The van der Waals surface area contributed by atoms with Gasteiger partial charge in [-0.3, -0.25) is 10.1 Å². The van der Waals surface area contributed by atoms with Crippen molar-refractivity contribution in [1.82, 2.24) is 4.98 Å². The van der Waals surface area contributed by atoms with E-state index in [-0.39, 0.29) is 28.4 Å². The highest BCUT2D eigenvalue weighted by Gasteiger charge is 2.30. The van der Waals surface area contributed by atoms with Gasteiger partial charge in [-0.2, -0.15) is 0 Å². The molecule has 1 aromatic heterocycles. The highest BCUT2D eigenvalue weighted by Crippen LogP contribution is 2.35. The first-order valence-corrected chi connectivity index (χ1v) is 5.83. The van der Waals surface area contributed by atoms with E-state index in [0.29, 0.717) is 19.8 Å². The van der Waals surface area contributed by atoms with Crippen molar-refractivity contribution >= 4 is 28.8 Å². The number of hydrogen-bond acceptors (Lipinski definition) is 6. The number of halogens is 1. The number of ether oxygens (including phenoxy) is 1. The lowest BCUT2D eigenvalue weighted by Gasteiger charge is -2.33. The number of anilines is 2. The van der Waals surface area contributed by atoms with Gasteiger partial charge in [0.05, 0.1) is 24.2 Å². The Balaban J connectivity index is 2.50. The second kappa shape index (κ2) is 4.95. The Morgan fingerprint density at radius 3 is 3.06 bits per heavy atom. The fourth-order valence-electron chi connectivity index (χ4n) is 1.94. The molecule has 98 valence electrons. The fraction of sp³-hybridized carbons (Fsp3) is 0.500. The monoisotopic (exact) mass is 272 g/mol. The van der Waals surface area contributed by atoms with E-state index in [1.165, 1.54) is 6.07 Å². The average molecular weight is 273 g/mol. The second-order valence-electron chi connectivity index (χ2n) is 4.08. The molecule has 0 aromatic carbocycles. The van der Waals surface area contributed by atoms with Crippen LogP contribution in [0.4, 0.5) is 17.2 Å². The number of morpholine rings is 1. The lowest BCUT2D eigenvalue weighted by atomic mass is 10.2. The van der Waals surface area contributed by atoms with Crippen LogP contribution in [0.2, 0.25) is 5.15 Å². The highest BCUT2D eigenvalue weighted by atomic mass is 35.5. The van der Waals surface area contributed by atoms with E-state index >= 15 is 0 Å². The number of pyridine rings is 1. The number of hydrogen-bond donors (Lipinski definition) is 1. The van der Waals surface area contributed by atoms with Gasteiger partial charge in [-0.25, -0.2) is 4.98 Å². The number of nitro groups is 1. The molecule has 7 nitrogen and oxygen atoms in total. The molecule has 0 amide bonds. The van der Waals surface area contributed by atoms with E-state index in [0.717, 1.165) is 0 Å². The van der Waals surface area contributed by atoms with E-state index in [1.54, 1.807) is 4.90 Å². The Labute approximate surface area is 109 Å². The van der Waals surface area contributed by atoms with Gasteiger partial charge in [0.2, 0.25) is 5.82 Å². The quantitative estimate of drug-likeness (QED) is 0.497. The molecular weight excluding hydrogens is 260 g/mol. The molecule has 0 unspecified atom stereocenters. The smallest absolute Gasteiger partial charge is 0.334 e. The van der Waals surface area contributed by atoms with Crippen molar-refractivity contribution in [2.24, 2.45) is 0 Å². The second-order valence-corrected chi connectivity index (χ2v) is 4.47. The predicted octanol–water partition coefficient (Wildman–Crippen LogP) is 1.45. The number of nitrogen functional groups attached to an aromatic ring is 1. The van der Waals surface area contributed by atoms with Crippen LogP contribution in [0, 0.1) is 10.1 Å². The highest BCUT2D eigenvalue weighted by molar-refractivity contribution is 6.30. The van der Waals surface area contributed by atoms with Gasteiger partial charge in [-0.15, -0.1) is 0 Å². The first-order valence-electron chi connectivity index (χ1n) is 5.45. The number of aromatic nitrogens is 1. The molecule has 2 heterocycles. The molecule has 1 aromatic rings. The fourth-order valence-corrected chi connectivity index (χ4v) is 2.14. The number of nitrogens with zero attached hydrogens (tertiary/aromatic N) is 3. The molecule has 2 N–H and O–H groups in total. The van der Waals surface area contributed by atoms with Crippen LogP contribution in [0.3, 0.4) is 0 Å². The van der Waals surface area contributed by atoms with Crippen molar-refractivity contribution in [3.63, 3.8) is 0 Å². The normalized spacial score (nSPS) is 19.9. The van der Waals surface area contributed by atoms with Crippen LogP contribution in [0.25, 0.3) is 0 Å². The molecule has 1 atom stereocenters. The third-order valence-electron chi connectivity index (χ3n) is 2.79. The van der Waals surface area contributed by atoms with Crippen LogP contribution < -0.4 is 10.6 Å². The van der Waals surface area contributed by atoms with Crippen LogP contribution in [-0.2, 0) is 4.74 Å². The zero-order valence-corrected chi connectivity index (χ0v) is 10.6. The Morgan fingerprint density at radius 1 is 1.72 bits per heavy atom. The van der Waals surface area contributed by atoms with Crippen molar-refractivity contribution < 1.29 is 9.66 Å². The first-order chi connectivity index (χ1) is 8.50. The van der Waals surface area contributed by atoms with Crippen LogP contribution >= 0.6 is 11.6 Å². The Hall–Kier alpha value is -1.60. The minimum atomic E-state index is -0.532. The summed E-state index contributed by atoms with van der Waals surface area (Å²) in [5.74, 6) is 0.209. The Kier molecular flexibility index (Phi) is 3.53. The molecule has 18 heavy (non-hydrogen) atoms. The third-order valence-corrected chi connectivity index (χ3v) is 2.99. The summed E-state index contributed by atoms with van der Waals surface area (Å²) in [6.45, 7) is 3.41. The molecule has 0 aliphatic carbocycles. The van der Waals surface area contributed by atoms with Crippen LogP contribution in [-0.4, -0.2) is 35.7 Å². The summed E-state index contributed by atoms with van der Waals surface area (Å²) >= 11 is 5.82. The molecule has 8 heteroatoms. The van der Waals surface area contributed by atoms with E-state index in [9.17, 15) is 10.1 Å².